The number of hydrogen-bond acceptors (Lipinski definition) is 4. The first-order valence-corrected chi connectivity index (χ1v) is 6.64. The van der Waals surface area contributed by atoms with Gasteiger partial charge in [-0.2, -0.15) is 0 Å². The Labute approximate surface area is 114 Å². The second-order valence-electron chi connectivity index (χ2n) is 5.36. The number of nitrogens with one attached hydrogen (secondary N) is 1. The van der Waals surface area contributed by atoms with E-state index >= 15 is 0 Å². The van der Waals surface area contributed by atoms with Gasteiger partial charge < -0.3 is 16.3 Å². The Morgan fingerprint density at radius 3 is 2.68 bits per heavy atom. The average Bonchev–Trinajstić information content (AvgIpc) is 2.42. The van der Waals surface area contributed by atoms with Gasteiger partial charge in [0, 0.05) is 24.4 Å². The first-order chi connectivity index (χ1) is 9.06. The zero-order valence-corrected chi connectivity index (χ0v) is 11.8. The molecule has 0 aliphatic carbocycles. The van der Waals surface area contributed by atoms with Gasteiger partial charge in [0.2, 0.25) is 0 Å². The highest BCUT2D eigenvalue weighted by atomic mass is 16.4. The highest BCUT2D eigenvalue weighted by Gasteiger charge is 2.22. The van der Waals surface area contributed by atoms with Crippen LogP contribution in [0, 0.1) is 5.41 Å². The van der Waals surface area contributed by atoms with Gasteiger partial charge in [0.1, 0.15) is 5.84 Å². The number of nitrogens with two attached hydrogens (primary N) is 1. The highest BCUT2D eigenvalue weighted by Crippen LogP contribution is 2.23. The van der Waals surface area contributed by atoms with Crippen LogP contribution in [0.3, 0.4) is 0 Å². The van der Waals surface area contributed by atoms with Crippen molar-refractivity contribution < 1.29 is 5.21 Å². The van der Waals surface area contributed by atoms with E-state index in [2.05, 4.69) is 15.5 Å². The molecule has 1 aromatic heterocycles. The molecule has 1 rings (SSSR count). The molecule has 106 valence electrons. The number of rotatable bonds is 8. The third-order valence-corrected chi connectivity index (χ3v) is 3.28. The van der Waals surface area contributed by atoms with Crippen LogP contribution in [-0.2, 0) is 6.54 Å². The van der Waals surface area contributed by atoms with E-state index < -0.39 is 0 Å². The Morgan fingerprint density at radius 1 is 1.37 bits per heavy atom. The molecule has 0 radical (unpaired) electrons. The number of amidine groups is 1. The smallest absolute Gasteiger partial charge is 0.144 e. The van der Waals surface area contributed by atoms with Crippen LogP contribution in [0.15, 0.2) is 29.7 Å². The molecule has 5 heteroatoms. The predicted molar refractivity (Wildman–Crippen MR) is 77.0 cm³/mol. The first kappa shape index (κ1) is 15.4. The highest BCUT2D eigenvalue weighted by molar-refractivity contribution is 5.85. The Kier molecular flexibility index (Phi) is 6.29. The zero-order valence-electron chi connectivity index (χ0n) is 11.8. The normalized spacial score (nSPS) is 12.6. The number of pyridine rings is 1. The van der Waals surface area contributed by atoms with Crippen molar-refractivity contribution in [2.45, 2.75) is 39.7 Å². The molecule has 0 saturated heterocycles. The van der Waals surface area contributed by atoms with Crippen LogP contribution >= 0.6 is 0 Å². The van der Waals surface area contributed by atoms with E-state index in [0.29, 0.717) is 5.84 Å². The van der Waals surface area contributed by atoms with Gasteiger partial charge in [-0.1, -0.05) is 25.4 Å². The monoisotopic (exact) mass is 264 g/mol. The van der Waals surface area contributed by atoms with E-state index in [1.165, 1.54) is 5.56 Å². The molecule has 0 aliphatic rings. The van der Waals surface area contributed by atoms with E-state index in [4.69, 9.17) is 10.9 Å². The Morgan fingerprint density at radius 2 is 2.05 bits per heavy atom. The first-order valence-electron chi connectivity index (χ1n) is 6.64. The molecule has 0 amide bonds. The standard InChI is InChI=1S/C14H24N4O/c1-14(2,13(15)18-19)7-3-4-8-17-11-12-5-9-16-10-6-12/h5-6,9-10,17,19H,3-4,7-8,11H2,1-2H3,(H2,15,18). The van der Waals surface area contributed by atoms with Gasteiger partial charge in [-0.3, -0.25) is 4.98 Å². The number of hydrogen-bond donors (Lipinski definition) is 3. The minimum absolute atomic E-state index is 0.236. The summed E-state index contributed by atoms with van der Waals surface area (Å²) in [4.78, 5) is 3.98. The van der Waals surface area contributed by atoms with Crippen molar-refractivity contribution in [1.29, 1.82) is 0 Å². The van der Waals surface area contributed by atoms with Crippen molar-refractivity contribution in [3.05, 3.63) is 30.1 Å². The molecule has 0 saturated carbocycles. The summed E-state index contributed by atoms with van der Waals surface area (Å²) in [5, 5.41) is 15.2. The lowest BCUT2D eigenvalue weighted by molar-refractivity contribution is 0.304. The summed E-state index contributed by atoms with van der Waals surface area (Å²) in [6, 6.07) is 4.02. The molecule has 5 nitrogen and oxygen atoms in total. The van der Waals surface area contributed by atoms with Gasteiger partial charge in [0.15, 0.2) is 0 Å². The summed E-state index contributed by atoms with van der Waals surface area (Å²) < 4.78 is 0. The van der Waals surface area contributed by atoms with Crippen LogP contribution < -0.4 is 11.1 Å². The second kappa shape index (κ2) is 7.74. The molecule has 0 fully saturated rings. The van der Waals surface area contributed by atoms with Crippen LogP contribution in [-0.4, -0.2) is 22.6 Å². The second-order valence-corrected chi connectivity index (χ2v) is 5.36. The summed E-state index contributed by atoms with van der Waals surface area (Å²) in [5.41, 5.74) is 6.65. The van der Waals surface area contributed by atoms with Crippen LogP contribution in [0.1, 0.15) is 38.7 Å². The lowest BCUT2D eigenvalue weighted by atomic mass is 9.86. The predicted octanol–water partition coefficient (Wildman–Crippen LogP) is 2.11. The summed E-state index contributed by atoms with van der Waals surface area (Å²) in [6.45, 7) is 5.82. The van der Waals surface area contributed by atoms with E-state index in [0.717, 1.165) is 32.4 Å². The third-order valence-electron chi connectivity index (χ3n) is 3.28. The maximum atomic E-state index is 8.68. The molecule has 0 aromatic carbocycles. The van der Waals surface area contributed by atoms with E-state index in [9.17, 15) is 0 Å². The minimum Gasteiger partial charge on any atom is -0.409 e. The van der Waals surface area contributed by atoms with E-state index in [1.54, 1.807) is 12.4 Å². The zero-order chi connectivity index (χ0) is 14.1. The molecule has 0 unspecified atom stereocenters. The fourth-order valence-electron chi connectivity index (χ4n) is 1.81. The van der Waals surface area contributed by atoms with Crippen LogP contribution in [0.25, 0.3) is 0 Å². The third kappa shape index (κ3) is 5.70. The Hall–Kier alpha value is -1.62. The molecule has 4 N–H and O–H groups in total. The number of unbranched alkanes of at least 4 members (excludes halogenated alkanes) is 1. The molecule has 0 bridgehead atoms. The van der Waals surface area contributed by atoms with Crippen molar-refractivity contribution in [3.63, 3.8) is 0 Å². The summed E-state index contributed by atoms with van der Waals surface area (Å²) in [6.07, 6.45) is 6.65. The van der Waals surface area contributed by atoms with Crippen LogP contribution in [0.5, 0.6) is 0 Å². The average molecular weight is 264 g/mol. The molecule has 0 aliphatic heterocycles. The lowest BCUT2D eigenvalue weighted by Crippen LogP contribution is -2.32. The summed E-state index contributed by atoms with van der Waals surface area (Å²) >= 11 is 0. The van der Waals surface area contributed by atoms with Gasteiger partial charge >= 0.3 is 0 Å². The number of oxime groups is 1. The summed E-state index contributed by atoms with van der Waals surface area (Å²) in [5.74, 6) is 0.303. The quantitative estimate of drug-likeness (QED) is 0.221. The van der Waals surface area contributed by atoms with Gasteiger partial charge in [0.05, 0.1) is 0 Å². The number of aromatic nitrogens is 1. The van der Waals surface area contributed by atoms with Gasteiger partial charge in [0.25, 0.3) is 0 Å². The Bertz CT molecular complexity index is 390. The van der Waals surface area contributed by atoms with Crippen molar-refractivity contribution >= 4 is 5.84 Å². The number of nitrogens with zero attached hydrogens (tertiary/aromatic N) is 2. The summed E-state index contributed by atoms with van der Waals surface area (Å²) in [7, 11) is 0. The molecule has 1 heterocycles. The van der Waals surface area contributed by atoms with Crippen LogP contribution in [0.2, 0.25) is 0 Å². The largest absolute Gasteiger partial charge is 0.409 e. The minimum atomic E-state index is -0.236. The molecule has 19 heavy (non-hydrogen) atoms. The van der Waals surface area contributed by atoms with Gasteiger partial charge in [-0.15, -0.1) is 0 Å². The maximum absolute atomic E-state index is 8.68. The molecular formula is C14H24N4O. The van der Waals surface area contributed by atoms with Crippen molar-refractivity contribution in [3.8, 4) is 0 Å². The van der Waals surface area contributed by atoms with Gasteiger partial charge in [-0.25, -0.2) is 0 Å². The lowest BCUT2D eigenvalue weighted by Gasteiger charge is -2.22. The molecule has 0 atom stereocenters. The molecular weight excluding hydrogens is 240 g/mol. The molecule has 1 aromatic rings. The fraction of sp³-hybridized carbons (Fsp3) is 0.571. The van der Waals surface area contributed by atoms with Crippen molar-refractivity contribution in [2.75, 3.05) is 6.54 Å². The van der Waals surface area contributed by atoms with E-state index in [1.807, 2.05) is 26.0 Å². The van der Waals surface area contributed by atoms with Crippen molar-refractivity contribution in [2.24, 2.45) is 16.3 Å². The molecule has 0 spiro atoms. The Balaban J connectivity index is 2.12. The topological polar surface area (TPSA) is 83.5 Å². The van der Waals surface area contributed by atoms with Crippen molar-refractivity contribution in [1.82, 2.24) is 10.3 Å². The maximum Gasteiger partial charge on any atom is 0.144 e. The fourth-order valence-corrected chi connectivity index (χ4v) is 1.81. The van der Waals surface area contributed by atoms with Gasteiger partial charge in [-0.05, 0) is 37.1 Å². The van der Waals surface area contributed by atoms with E-state index in [-0.39, 0.29) is 5.41 Å². The van der Waals surface area contributed by atoms with Crippen LogP contribution in [0.4, 0.5) is 0 Å². The SMILES string of the molecule is CC(C)(CCCCNCc1ccncc1)/C(N)=N/O.